The van der Waals surface area contributed by atoms with Crippen LogP contribution in [0.2, 0.25) is 0 Å². The molecule has 0 spiro atoms. The summed E-state index contributed by atoms with van der Waals surface area (Å²) in [5.41, 5.74) is 7.66. The summed E-state index contributed by atoms with van der Waals surface area (Å²) >= 11 is 0. The lowest BCUT2D eigenvalue weighted by Crippen LogP contribution is -2.20. The Kier molecular flexibility index (Phi) is 6.04. The van der Waals surface area contributed by atoms with Gasteiger partial charge in [-0.05, 0) is 32.1 Å². The number of nitrogens with two attached hydrogens (primary N) is 1. The molecule has 1 aromatic rings. The van der Waals surface area contributed by atoms with E-state index in [-0.39, 0.29) is 0 Å². The Balaban J connectivity index is 2.39. The van der Waals surface area contributed by atoms with Crippen molar-refractivity contribution in [3.8, 4) is 0 Å². The van der Waals surface area contributed by atoms with E-state index in [9.17, 15) is 0 Å². The Morgan fingerprint density at radius 3 is 2.69 bits per heavy atom. The van der Waals surface area contributed by atoms with Gasteiger partial charge >= 0.3 is 0 Å². The topological polar surface area (TPSA) is 42.1 Å². The number of aromatic nitrogens is 1. The maximum absolute atomic E-state index is 5.57. The van der Waals surface area contributed by atoms with Crippen molar-refractivity contribution in [3.05, 3.63) is 29.6 Å². The molecule has 3 heteroatoms. The Morgan fingerprint density at radius 1 is 1.25 bits per heavy atom. The van der Waals surface area contributed by atoms with Crippen molar-refractivity contribution in [1.82, 2.24) is 9.88 Å². The van der Waals surface area contributed by atoms with Crippen molar-refractivity contribution in [1.29, 1.82) is 0 Å². The molecule has 0 unspecified atom stereocenters. The van der Waals surface area contributed by atoms with Crippen LogP contribution in [-0.2, 0) is 13.1 Å². The van der Waals surface area contributed by atoms with Crippen molar-refractivity contribution in [2.75, 3.05) is 13.6 Å². The van der Waals surface area contributed by atoms with E-state index in [0.29, 0.717) is 6.54 Å². The highest BCUT2D eigenvalue weighted by atomic mass is 15.1. The quantitative estimate of drug-likeness (QED) is 0.717. The molecular formula is C13H23N3. The monoisotopic (exact) mass is 221 g/mol. The first-order chi connectivity index (χ1) is 7.76. The average molecular weight is 221 g/mol. The second kappa shape index (κ2) is 7.36. The molecule has 2 N–H and O–H groups in total. The normalized spacial score (nSPS) is 11.0. The van der Waals surface area contributed by atoms with Gasteiger partial charge in [0.25, 0.3) is 0 Å². The summed E-state index contributed by atoms with van der Waals surface area (Å²) in [5.74, 6) is 0. The molecule has 0 bridgehead atoms. The van der Waals surface area contributed by atoms with Crippen LogP contribution in [0.5, 0.6) is 0 Å². The van der Waals surface area contributed by atoms with E-state index in [1.54, 1.807) is 0 Å². The molecule has 16 heavy (non-hydrogen) atoms. The zero-order valence-corrected chi connectivity index (χ0v) is 10.4. The molecule has 0 aliphatic carbocycles. The second-order valence-corrected chi connectivity index (χ2v) is 4.27. The molecule has 0 aromatic carbocycles. The molecule has 90 valence electrons. The van der Waals surface area contributed by atoms with Crippen LogP contribution in [0.25, 0.3) is 0 Å². The van der Waals surface area contributed by atoms with Gasteiger partial charge in [0, 0.05) is 13.1 Å². The number of hydrogen-bond acceptors (Lipinski definition) is 3. The van der Waals surface area contributed by atoms with Crippen LogP contribution >= 0.6 is 0 Å². The van der Waals surface area contributed by atoms with Crippen LogP contribution in [0.15, 0.2) is 18.2 Å². The lowest BCUT2D eigenvalue weighted by molar-refractivity contribution is 0.314. The lowest BCUT2D eigenvalue weighted by Gasteiger charge is -2.16. The van der Waals surface area contributed by atoms with Crippen LogP contribution in [0.1, 0.15) is 37.6 Å². The van der Waals surface area contributed by atoms with E-state index < -0.39 is 0 Å². The molecule has 1 aromatic heterocycles. The van der Waals surface area contributed by atoms with E-state index in [1.165, 1.54) is 19.3 Å². The highest BCUT2D eigenvalue weighted by molar-refractivity contribution is 5.10. The largest absolute Gasteiger partial charge is 0.325 e. The van der Waals surface area contributed by atoms with Crippen LogP contribution in [0, 0.1) is 0 Å². The SMILES string of the molecule is CCCCCN(C)Cc1cccc(CN)n1. The van der Waals surface area contributed by atoms with Crippen LogP contribution < -0.4 is 5.73 Å². The molecule has 3 nitrogen and oxygen atoms in total. The van der Waals surface area contributed by atoms with Gasteiger partial charge in [0.2, 0.25) is 0 Å². The predicted molar refractivity (Wildman–Crippen MR) is 68.0 cm³/mol. The molecule has 0 saturated heterocycles. The number of unbranched alkanes of at least 4 members (excludes halogenated alkanes) is 2. The molecule has 1 rings (SSSR count). The van der Waals surface area contributed by atoms with Gasteiger partial charge in [-0.1, -0.05) is 25.8 Å². The van der Waals surface area contributed by atoms with E-state index in [0.717, 1.165) is 24.5 Å². The van der Waals surface area contributed by atoms with Crippen molar-refractivity contribution < 1.29 is 0 Å². The summed E-state index contributed by atoms with van der Waals surface area (Å²) in [4.78, 5) is 6.81. The first-order valence-corrected chi connectivity index (χ1v) is 6.09. The van der Waals surface area contributed by atoms with Gasteiger partial charge in [0.05, 0.1) is 11.4 Å². The van der Waals surface area contributed by atoms with Gasteiger partial charge in [-0.15, -0.1) is 0 Å². The zero-order valence-electron chi connectivity index (χ0n) is 10.4. The van der Waals surface area contributed by atoms with Gasteiger partial charge in [-0.2, -0.15) is 0 Å². The molecular weight excluding hydrogens is 198 g/mol. The third kappa shape index (κ3) is 4.73. The third-order valence-corrected chi connectivity index (χ3v) is 2.65. The predicted octanol–water partition coefficient (Wildman–Crippen LogP) is 2.16. The summed E-state index contributed by atoms with van der Waals surface area (Å²) in [6.45, 7) is 4.81. The van der Waals surface area contributed by atoms with Crippen molar-refractivity contribution in [2.24, 2.45) is 5.73 Å². The summed E-state index contributed by atoms with van der Waals surface area (Å²) in [5, 5.41) is 0. The smallest absolute Gasteiger partial charge is 0.0547 e. The molecule has 0 radical (unpaired) electrons. The molecule has 0 fully saturated rings. The minimum atomic E-state index is 0.521. The second-order valence-electron chi connectivity index (χ2n) is 4.27. The lowest BCUT2D eigenvalue weighted by atomic mass is 10.2. The fraction of sp³-hybridized carbons (Fsp3) is 0.615. The number of pyridine rings is 1. The molecule has 0 aliphatic heterocycles. The van der Waals surface area contributed by atoms with E-state index in [2.05, 4.69) is 29.9 Å². The fourth-order valence-electron chi connectivity index (χ4n) is 1.72. The van der Waals surface area contributed by atoms with Crippen LogP contribution in [0.3, 0.4) is 0 Å². The van der Waals surface area contributed by atoms with E-state index in [4.69, 9.17) is 5.73 Å². The molecule has 0 atom stereocenters. The fourth-order valence-corrected chi connectivity index (χ4v) is 1.72. The van der Waals surface area contributed by atoms with Gasteiger partial charge in [-0.25, -0.2) is 0 Å². The maximum atomic E-state index is 5.57. The average Bonchev–Trinajstić information content (AvgIpc) is 2.29. The Hall–Kier alpha value is -0.930. The maximum Gasteiger partial charge on any atom is 0.0547 e. The third-order valence-electron chi connectivity index (χ3n) is 2.65. The highest BCUT2D eigenvalue weighted by Crippen LogP contribution is 2.04. The summed E-state index contributed by atoms with van der Waals surface area (Å²) in [6, 6.07) is 6.07. The van der Waals surface area contributed by atoms with Crippen LogP contribution in [-0.4, -0.2) is 23.5 Å². The first-order valence-electron chi connectivity index (χ1n) is 6.09. The van der Waals surface area contributed by atoms with Crippen molar-refractivity contribution >= 4 is 0 Å². The standard InChI is InChI=1S/C13H23N3/c1-3-4-5-9-16(2)11-13-8-6-7-12(10-14)15-13/h6-8H,3-5,9-11,14H2,1-2H3. The van der Waals surface area contributed by atoms with Crippen molar-refractivity contribution in [3.63, 3.8) is 0 Å². The molecule has 1 heterocycles. The van der Waals surface area contributed by atoms with Gasteiger partial charge in [0.15, 0.2) is 0 Å². The van der Waals surface area contributed by atoms with Crippen molar-refractivity contribution in [2.45, 2.75) is 39.3 Å². The minimum Gasteiger partial charge on any atom is -0.325 e. The molecule has 0 amide bonds. The van der Waals surface area contributed by atoms with Crippen LogP contribution in [0.4, 0.5) is 0 Å². The zero-order chi connectivity index (χ0) is 11.8. The van der Waals surface area contributed by atoms with E-state index >= 15 is 0 Å². The highest BCUT2D eigenvalue weighted by Gasteiger charge is 2.01. The summed E-state index contributed by atoms with van der Waals surface area (Å²) in [6.07, 6.45) is 3.85. The Bertz CT molecular complexity index is 299. The number of hydrogen-bond donors (Lipinski definition) is 1. The number of rotatable bonds is 7. The van der Waals surface area contributed by atoms with Gasteiger partial charge in [0.1, 0.15) is 0 Å². The van der Waals surface area contributed by atoms with Gasteiger partial charge in [-0.3, -0.25) is 4.98 Å². The molecule has 0 saturated carbocycles. The summed E-state index contributed by atoms with van der Waals surface area (Å²) in [7, 11) is 2.15. The summed E-state index contributed by atoms with van der Waals surface area (Å²) < 4.78 is 0. The van der Waals surface area contributed by atoms with E-state index in [1.807, 2.05) is 12.1 Å². The van der Waals surface area contributed by atoms with Gasteiger partial charge < -0.3 is 10.6 Å². The Labute approximate surface area is 98.7 Å². The molecule has 0 aliphatic rings. The first kappa shape index (κ1) is 13.1. The number of nitrogens with zero attached hydrogens (tertiary/aromatic N) is 2. The minimum absolute atomic E-state index is 0.521. The Morgan fingerprint density at radius 2 is 2.00 bits per heavy atom.